The Hall–Kier alpha value is -2.93. The monoisotopic (exact) mass is 422 g/mol. The number of benzene rings is 1. The number of rotatable bonds is 7. The molecule has 1 aromatic carbocycles. The molecule has 0 amide bonds. The van der Waals surface area contributed by atoms with Gasteiger partial charge in [0.25, 0.3) is 0 Å². The molecule has 29 heavy (non-hydrogen) atoms. The molecule has 0 fully saturated rings. The molecule has 1 atom stereocenters. The Morgan fingerprint density at radius 3 is 2.28 bits per heavy atom. The first-order valence-corrected chi connectivity index (χ1v) is 9.03. The van der Waals surface area contributed by atoms with Crippen LogP contribution in [0.4, 0.5) is 0 Å². The summed E-state index contributed by atoms with van der Waals surface area (Å²) >= 11 is 5.81. The number of carboxylic acid groups (broad SMARTS) is 1. The minimum atomic E-state index is -1.22. The zero-order valence-corrected chi connectivity index (χ0v) is 17.5. The average Bonchev–Trinajstić information content (AvgIpc) is 2.64. The lowest BCUT2D eigenvalue weighted by atomic mass is 9.70. The van der Waals surface area contributed by atoms with Crippen LogP contribution in [0, 0.1) is 11.3 Å². The van der Waals surface area contributed by atoms with Crippen LogP contribution < -0.4 is 0 Å². The van der Waals surface area contributed by atoms with E-state index in [0.717, 1.165) is 0 Å². The van der Waals surface area contributed by atoms with E-state index in [-0.39, 0.29) is 34.2 Å². The van der Waals surface area contributed by atoms with Crippen molar-refractivity contribution in [3.8, 4) is 5.75 Å². The maximum Gasteiger partial charge on any atom is 0.343 e. The number of aromatic hydroxyl groups is 1. The molecule has 0 aromatic heterocycles. The van der Waals surface area contributed by atoms with Crippen molar-refractivity contribution in [2.24, 2.45) is 11.3 Å². The molecular formula is C21H23ClO7. The van der Waals surface area contributed by atoms with Gasteiger partial charge >= 0.3 is 5.97 Å². The predicted molar refractivity (Wildman–Crippen MR) is 107 cm³/mol. The van der Waals surface area contributed by atoms with Crippen LogP contribution >= 0.6 is 11.6 Å². The molecule has 0 bridgehead atoms. The lowest BCUT2D eigenvalue weighted by Gasteiger charge is -2.39. The van der Waals surface area contributed by atoms with Crippen LogP contribution in [0.2, 0.25) is 5.02 Å². The number of phenols is 1. The number of ketones is 1. The van der Waals surface area contributed by atoms with Gasteiger partial charge < -0.3 is 24.4 Å². The van der Waals surface area contributed by atoms with Crippen LogP contribution in [0.15, 0.2) is 53.2 Å². The first-order chi connectivity index (χ1) is 13.6. The first-order valence-electron chi connectivity index (χ1n) is 8.65. The molecule has 1 aliphatic rings. The number of hydrogen-bond donors (Lipinski definition) is 2. The number of ether oxygens (including phenoxy) is 3. The third-order valence-corrected chi connectivity index (χ3v) is 5.07. The number of hydrogen-bond acceptors (Lipinski definition) is 6. The minimum Gasteiger partial charge on any atom is -0.507 e. The van der Waals surface area contributed by atoms with E-state index >= 15 is 0 Å². The molecular weight excluding hydrogens is 400 g/mol. The summed E-state index contributed by atoms with van der Waals surface area (Å²) in [4.78, 5) is 24.4. The summed E-state index contributed by atoms with van der Waals surface area (Å²) in [7, 11) is 4.11. The van der Waals surface area contributed by atoms with E-state index in [1.54, 1.807) is 19.9 Å². The van der Waals surface area contributed by atoms with Crippen LogP contribution in [0.3, 0.4) is 0 Å². The fraction of sp³-hybridized carbons (Fsp3) is 0.333. The lowest BCUT2D eigenvalue weighted by molar-refractivity contribution is -0.133. The van der Waals surface area contributed by atoms with Crippen molar-refractivity contribution in [1.82, 2.24) is 0 Å². The summed E-state index contributed by atoms with van der Waals surface area (Å²) in [5.41, 5.74) is -0.916. The normalized spacial score (nSPS) is 18.8. The Morgan fingerprint density at radius 2 is 1.79 bits per heavy atom. The molecule has 2 rings (SSSR count). The van der Waals surface area contributed by atoms with E-state index in [9.17, 15) is 19.8 Å². The van der Waals surface area contributed by atoms with Gasteiger partial charge in [-0.05, 0) is 24.3 Å². The Balaban J connectivity index is 2.56. The first kappa shape index (κ1) is 22.4. The molecule has 0 aliphatic heterocycles. The Morgan fingerprint density at radius 1 is 1.14 bits per heavy atom. The smallest absolute Gasteiger partial charge is 0.343 e. The molecule has 0 saturated carbocycles. The van der Waals surface area contributed by atoms with E-state index in [2.05, 4.69) is 0 Å². The second-order valence-corrected chi connectivity index (χ2v) is 7.34. The van der Waals surface area contributed by atoms with Gasteiger partial charge in [-0.15, -0.1) is 0 Å². The molecule has 8 heteroatoms. The van der Waals surface area contributed by atoms with E-state index in [1.165, 1.54) is 45.6 Å². The Kier molecular flexibility index (Phi) is 6.64. The van der Waals surface area contributed by atoms with Crippen molar-refractivity contribution in [2.45, 2.75) is 13.8 Å². The van der Waals surface area contributed by atoms with E-state index in [1.807, 2.05) is 0 Å². The number of halogens is 1. The number of carboxylic acids is 1. The average molecular weight is 423 g/mol. The molecule has 1 unspecified atom stereocenters. The third kappa shape index (κ3) is 4.10. The highest BCUT2D eigenvalue weighted by atomic mass is 35.5. The van der Waals surface area contributed by atoms with Gasteiger partial charge in [0, 0.05) is 10.4 Å². The van der Waals surface area contributed by atoms with Gasteiger partial charge in [0.1, 0.15) is 22.8 Å². The Labute approximate surface area is 173 Å². The van der Waals surface area contributed by atoms with Crippen LogP contribution in [0.5, 0.6) is 5.75 Å². The van der Waals surface area contributed by atoms with Gasteiger partial charge in [-0.25, -0.2) is 4.79 Å². The number of methoxy groups -OCH3 is 3. The quantitative estimate of drug-likeness (QED) is 0.507. The second-order valence-electron chi connectivity index (χ2n) is 6.90. The maximum atomic E-state index is 12.6. The standard InChI is InChI=1S/C21H23ClO7/c1-21(2)13(8-9-14(23)12-7-6-11(22)10-15(12)24)17(27-3)18(28-4)16(20(25)26)19(21)29-5/h6-10,13,24H,1-5H3,(H,25,26). The van der Waals surface area contributed by atoms with Gasteiger partial charge in [-0.3, -0.25) is 4.79 Å². The highest BCUT2D eigenvalue weighted by molar-refractivity contribution is 6.31. The van der Waals surface area contributed by atoms with Crippen molar-refractivity contribution in [1.29, 1.82) is 0 Å². The van der Waals surface area contributed by atoms with Crippen LogP contribution in [0.25, 0.3) is 0 Å². The molecule has 2 N–H and O–H groups in total. The molecule has 0 radical (unpaired) electrons. The maximum absolute atomic E-state index is 12.6. The number of carbonyl (C=O) groups is 2. The summed E-state index contributed by atoms with van der Waals surface area (Å²) in [5, 5.41) is 20.0. The SMILES string of the molecule is COC1=C(OC)C(C=CC(=O)c2ccc(Cl)cc2O)C(C)(C)C(OC)=C1C(=O)O. The molecule has 156 valence electrons. The van der Waals surface area contributed by atoms with E-state index in [4.69, 9.17) is 25.8 Å². The van der Waals surface area contributed by atoms with Gasteiger partial charge in [-0.1, -0.05) is 31.5 Å². The summed E-state index contributed by atoms with van der Waals surface area (Å²) < 4.78 is 16.2. The largest absolute Gasteiger partial charge is 0.507 e. The fourth-order valence-corrected chi connectivity index (χ4v) is 3.62. The molecule has 1 aliphatic carbocycles. The summed E-state index contributed by atoms with van der Waals surface area (Å²) in [6.45, 7) is 3.55. The molecule has 7 nitrogen and oxygen atoms in total. The molecule has 0 spiro atoms. The number of phenolic OH excluding ortho intramolecular Hbond substituents is 1. The van der Waals surface area contributed by atoms with Crippen molar-refractivity contribution in [2.75, 3.05) is 21.3 Å². The van der Waals surface area contributed by atoms with Crippen molar-refractivity contribution in [3.05, 3.63) is 63.8 Å². The Bertz CT molecular complexity index is 925. The summed E-state index contributed by atoms with van der Waals surface area (Å²) in [6.07, 6.45) is 2.87. The van der Waals surface area contributed by atoms with Crippen LogP contribution in [-0.2, 0) is 19.0 Å². The van der Waals surface area contributed by atoms with Crippen LogP contribution in [-0.4, -0.2) is 43.3 Å². The van der Waals surface area contributed by atoms with Crippen LogP contribution in [0.1, 0.15) is 24.2 Å². The minimum absolute atomic E-state index is 0.0209. The van der Waals surface area contributed by atoms with Crippen molar-refractivity contribution >= 4 is 23.4 Å². The lowest BCUT2D eigenvalue weighted by Crippen LogP contribution is -2.36. The zero-order chi connectivity index (χ0) is 21.9. The predicted octanol–water partition coefficient (Wildman–Crippen LogP) is 3.93. The topological polar surface area (TPSA) is 102 Å². The second kappa shape index (κ2) is 8.61. The van der Waals surface area contributed by atoms with Gasteiger partial charge in [0.05, 0.1) is 32.8 Å². The zero-order valence-electron chi connectivity index (χ0n) is 16.8. The number of aliphatic carboxylic acids is 1. The molecule has 0 saturated heterocycles. The van der Waals surface area contributed by atoms with Gasteiger partial charge in [0.15, 0.2) is 11.5 Å². The highest BCUT2D eigenvalue weighted by Gasteiger charge is 2.47. The number of allylic oxidation sites excluding steroid dienone is 3. The highest BCUT2D eigenvalue weighted by Crippen LogP contribution is 2.48. The third-order valence-electron chi connectivity index (χ3n) is 4.83. The summed E-state index contributed by atoms with van der Waals surface area (Å²) in [5.74, 6) is -2.01. The van der Waals surface area contributed by atoms with E-state index < -0.39 is 23.1 Å². The van der Waals surface area contributed by atoms with Crippen molar-refractivity contribution in [3.63, 3.8) is 0 Å². The molecule has 1 aromatic rings. The fourth-order valence-electron chi connectivity index (χ4n) is 3.45. The number of carbonyl (C=O) groups excluding carboxylic acids is 1. The molecule has 0 heterocycles. The van der Waals surface area contributed by atoms with E-state index in [0.29, 0.717) is 5.02 Å². The van der Waals surface area contributed by atoms with Gasteiger partial charge in [-0.2, -0.15) is 0 Å². The van der Waals surface area contributed by atoms with Crippen molar-refractivity contribution < 1.29 is 34.0 Å². The van der Waals surface area contributed by atoms with Gasteiger partial charge in [0.2, 0.25) is 0 Å². The summed E-state index contributed by atoms with van der Waals surface area (Å²) in [6, 6.07) is 4.20.